The number of nitrogens with zero attached hydrogens (tertiary/aromatic N) is 1. The van der Waals surface area contributed by atoms with Gasteiger partial charge in [-0.1, -0.05) is 30.3 Å². The molecule has 0 radical (unpaired) electrons. The first kappa shape index (κ1) is 16.0. The zero-order valence-corrected chi connectivity index (χ0v) is 13.5. The number of carboxylic acid groups (broad SMARTS) is 1. The molecule has 2 N–H and O–H groups in total. The third-order valence-corrected chi connectivity index (χ3v) is 4.08. The van der Waals surface area contributed by atoms with Crippen LogP contribution in [0, 0.1) is 0 Å². The van der Waals surface area contributed by atoms with E-state index in [0.29, 0.717) is 12.2 Å². The number of fused-ring (bicyclic) bond motifs is 2. The fourth-order valence-corrected chi connectivity index (χ4v) is 2.98. The van der Waals surface area contributed by atoms with E-state index in [0.717, 1.165) is 27.5 Å². The van der Waals surface area contributed by atoms with Crippen LogP contribution >= 0.6 is 0 Å². The number of nitrogens with one attached hydrogen (secondary N) is 1. The summed E-state index contributed by atoms with van der Waals surface area (Å²) >= 11 is 0. The number of benzene rings is 2. The van der Waals surface area contributed by atoms with E-state index in [1.54, 1.807) is 6.07 Å². The van der Waals surface area contributed by atoms with E-state index in [9.17, 15) is 9.90 Å². The standard InChI is InChI=1S/C19H14N2O2.ClH/c22-19(23)18-11-14-6-2-4-8-17(14)21(18)12-15-10-9-13-5-1-3-7-16(13)20-15;/h1-11H,12H2,(H,22,23);1H. The number of hydrogen-bond donors (Lipinski definition) is 1. The van der Waals surface area contributed by atoms with Crippen LogP contribution < -0.4 is 17.4 Å². The van der Waals surface area contributed by atoms with Gasteiger partial charge in [0.2, 0.25) is 5.52 Å². The van der Waals surface area contributed by atoms with Crippen LogP contribution in [0.1, 0.15) is 16.2 Å². The van der Waals surface area contributed by atoms with E-state index in [-0.39, 0.29) is 12.4 Å². The fraction of sp³-hybridized carbons (Fsp3) is 0.0526. The zero-order chi connectivity index (χ0) is 15.8. The number of para-hydroxylation sites is 2. The lowest BCUT2D eigenvalue weighted by molar-refractivity contribution is -0.358. The highest BCUT2D eigenvalue weighted by molar-refractivity contribution is 5.94. The van der Waals surface area contributed by atoms with E-state index in [4.69, 9.17) is 0 Å². The van der Waals surface area contributed by atoms with Crippen LogP contribution in [0.2, 0.25) is 0 Å². The largest absolute Gasteiger partial charge is 1.00 e. The van der Waals surface area contributed by atoms with Crippen molar-refractivity contribution in [3.63, 3.8) is 0 Å². The Labute approximate surface area is 144 Å². The van der Waals surface area contributed by atoms with Gasteiger partial charge in [-0.05, 0) is 24.3 Å². The van der Waals surface area contributed by atoms with Crippen LogP contribution in [0.15, 0.2) is 66.7 Å². The van der Waals surface area contributed by atoms with E-state index >= 15 is 0 Å². The minimum atomic E-state index is -0.915. The van der Waals surface area contributed by atoms with Crippen molar-refractivity contribution in [1.82, 2.24) is 4.57 Å². The van der Waals surface area contributed by atoms with Gasteiger partial charge in [0, 0.05) is 28.4 Å². The minimum absolute atomic E-state index is 0. The van der Waals surface area contributed by atoms with Crippen LogP contribution in [-0.2, 0) is 6.54 Å². The average molecular weight is 339 g/mol. The van der Waals surface area contributed by atoms with E-state index < -0.39 is 5.97 Å². The lowest BCUT2D eigenvalue weighted by Crippen LogP contribution is -3.00. The summed E-state index contributed by atoms with van der Waals surface area (Å²) in [5.74, 6) is -0.915. The number of hydrogen-bond acceptors (Lipinski definition) is 1. The van der Waals surface area contributed by atoms with Crippen LogP contribution in [0.5, 0.6) is 0 Å². The molecule has 4 nitrogen and oxygen atoms in total. The van der Waals surface area contributed by atoms with Crippen LogP contribution in [0.4, 0.5) is 0 Å². The van der Waals surface area contributed by atoms with Gasteiger partial charge in [0.25, 0.3) is 0 Å². The van der Waals surface area contributed by atoms with Gasteiger partial charge in [0.05, 0.1) is 0 Å². The van der Waals surface area contributed by atoms with Crippen molar-refractivity contribution in [3.8, 4) is 0 Å². The summed E-state index contributed by atoms with van der Waals surface area (Å²) in [5.41, 5.74) is 3.23. The molecule has 4 aromatic rings. The highest BCUT2D eigenvalue weighted by atomic mass is 35.5. The van der Waals surface area contributed by atoms with Gasteiger partial charge in [0.1, 0.15) is 12.2 Å². The quantitative estimate of drug-likeness (QED) is 0.586. The Morgan fingerprint density at radius 2 is 1.67 bits per heavy atom. The maximum atomic E-state index is 11.6. The summed E-state index contributed by atoms with van der Waals surface area (Å²) in [6, 6.07) is 21.5. The number of aromatic nitrogens is 2. The first-order valence-electron chi connectivity index (χ1n) is 7.44. The Hall–Kier alpha value is -2.85. The van der Waals surface area contributed by atoms with Crippen LogP contribution in [-0.4, -0.2) is 15.6 Å². The molecule has 2 aromatic heterocycles. The smallest absolute Gasteiger partial charge is 0.352 e. The number of H-pyrrole nitrogens is 1. The monoisotopic (exact) mass is 338 g/mol. The molecule has 5 heteroatoms. The van der Waals surface area contributed by atoms with E-state index in [1.807, 2.05) is 65.2 Å². The molecule has 2 heterocycles. The molecule has 0 unspecified atom stereocenters. The number of aromatic carboxylic acids is 1. The summed E-state index contributed by atoms with van der Waals surface area (Å²) in [5, 5.41) is 11.6. The van der Waals surface area contributed by atoms with Gasteiger partial charge in [-0.25, -0.2) is 9.78 Å². The molecule has 24 heavy (non-hydrogen) atoms. The van der Waals surface area contributed by atoms with Gasteiger partial charge in [0.15, 0.2) is 5.69 Å². The number of carbonyl (C=O) groups is 1. The zero-order valence-electron chi connectivity index (χ0n) is 12.7. The molecule has 0 fully saturated rings. The second-order valence-electron chi connectivity index (χ2n) is 5.55. The van der Waals surface area contributed by atoms with Crippen LogP contribution in [0.25, 0.3) is 21.8 Å². The SMILES string of the molecule is O=C(O)c1cc2ccccc2n1Cc1ccc2ccccc2[nH+]1.[Cl-]. The highest BCUT2D eigenvalue weighted by Crippen LogP contribution is 2.21. The van der Waals surface area contributed by atoms with Gasteiger partial charge in [-0.15, -0.1) is 0 Å². The first-order chi connectivity index (χ1) is 11.2. The van der Waals surface area contributed by atoms with Crippen molar-refractivity contribution in [1.29, 1.82) is 0 Å². The van der Waals surface area contributed by atoms with Crippen molar-refractivity contribution in [2.45, 2.75) is 6.54 Å². The molecule has 0 aliphatic rings. The third-order valence-electron chi connectivity index (χ3n) is 4.08. The van der Waals surface area contributed by atoms with Crippen molar-refractivity contribution in [2.24, 2.45) is 0 Å². The average Bonchev–Trinajstić information content (AvgIpc) is 2.94. The molecule has 0 atom stereocenters. The second-order valence-corrected chi connectivity index (χ2v) is 5.55. The van der Waals surface area contributed by atoms with Crippen LogP contribution in [0.3, 0.4) is 0 Å². The molecule has 120 valence electrons. The minimum Gasteiger partial charge on any atom is -1.00 e. The molecule has 0 spiro atoms. The first-order valence-corrected chi connectivity index (χ1v) is 7.44. The topological polar surface area (TPSA) is 56.4 Å². The molecular formula is C19H15ClN2O2. The Bertz CT molecular complexity index is 1040. The molecule has 2 aromatic carbocycles. The van der Waals surface area contributed by atoms with Gasteiger partial charge < -0.3 is 22.1 Å². The molecule has 4 rings (SSSR count). The number of aromatic amines is 1. The molecule has 0 saturated carbocycles. The molecule has 0 aliphatic heterocycles. The molecule has 0 amide bonds. The summed E-state index contributed by atoms with van der Waals surface area (Å²) in [7, 11) is 0. The molecule has 0 aliphatic carbocycles. The number of carboxylic acids is 1. The van der Waals surface area contributed by atoms with Crippen molar-refractivity contribution < 1.29 is 27.3 Å². The Morgan fingerprint density at radius 3 is 2.46 bits per heavy atom. The lowest BCUT2D eigenvalue weighted by Gasteiger charge is -2.05. The fourth-order valence-electron chi connectivity index (χ4n) is 2.98. The summed E-state index contributed by atoms with van der Waals surface area (Å²) < 4.78 is 1.83. The molecule has 0 bridgehead atoms. The molecule has 0 saturated heterocycles. The predicted molar refractivity (Wildman–Crippen MR) is 88.5 cm³/mol. The predicted octanol–water partition coefficient (Wildman–Crippen LogP) is 0.359. The lowest BCUT2D eigenvalue weighted by atomic mass is 10.2. The third kappa shape index (κ3) is 2.72. The van der Waals surface area contributed by atoms with Crippen molar-refractivity contribution in [3.05, 3.63) is 78.1 Å². The number of rotatable bonds is 3. The van der Waals surface area contributed by atoms with Gasteiger partial charge in [-0.3, -0.25) is 0 Å². The van der Waals surface area contributed by atoms with Crippen molar-refractivity contribution in [2.75, 3.05) is 0 Å². The number of halogens is 1. The van der Waals surface area contributed by atoms with Gasteiger partial charge in [-0.2, -0.15) is 0 Å². The normalized spacial score (nSPS) is 10.7. The van der Waals surface area contributed by atoms with Crippen molar-refractivity contribution >= 4 is 27.8 Å². The summed E-state index contributed by atoms with van der Waals surface area (Å²) in [4.78, 5) is 14.9. The Morgan fingerprint density at radius 1 is 0.958 bits per heavy atom. The summed E-state index contributed by atoms with van der Waals surface area (Å²) in [6.07, 6.45) is 0. The van der Waals surface area contributed by atoms with E-state index in [1.165, 1.54) is 0 Å². The maximum absolute atomic E-state index is 11.6. The molecular weight excluding hydrogens is 324 g/mol. The summed E-state index contributed by atoms with van der Waals surface area (Å²) in [6.45, 7) is 0.486. The second kappa shape index (κ2) is 6.34. The maximum Gasteiger partial charge on any atom is 0.352 e. The Balaban J connectivity index is 0.00000169. The number of pyridine rings is 1. The van der Waals surface area contributed by atoms with Gasteiger partial charge >= 0.3 is 5.97 Å². The van der Waals surface area contributed by atoms with E-state index in [2.05, 4.69) is 4.98 Å². The Kier molecular flexibility index (Phi) is 4.23. The highest BCUT2D eigenvalue weighted by Gasteiger charge is 2.16.